The molecule has 1 fully saturated rings. The molecule has 0 spiro atoms. The van der Waals surface area contributed by atoms with Crippen molar-refractivity contribution >= 4 is 0 Å². The molecule has 23 heavy (non-hydrogen) atoms. The van der Waals surface area contributed by atoms with Crippen LogP contribution >= 0.6 is 0 Å². The van der Waals surface area contributed by atoms with Gasteiger partial charge in [0, 0.05) is 25.8 Å². The van der Waals surface area contributed by atoms with E-state index in [1.165, 1.54) is 31.6 Å². The molecule has 0 N–H and O–H groups in total. The average Bonchev–Trinajstić information content (AvgIpc) is 2.95. The van der Waals surface area contributed by atoms with E-state index < -0.39 is 0 Å². The van der Waals surface area contributed by atoms with Crippen LogP contribution in [0.4, 0.5) is 0 Å². The lowest BCUT2D eigenvalue weighted by atomic mass is 9.84. The van der Waals surface area contributed by atoms with E-state index in [9.17, 15) is 0 Å². The van der Waals surface area contributed by atoms with Gasteiger partial charge in [0.05, 0.1) is 24.1 Å². The van der Waals surface area contributed by atoms with E-state index in [0.29, 0.717) is 12.6 Å². The van der Waals surface area contributed by atoms with Crippen molar-refractivity contribution in [3.63, 3.8) is 0 Å². The quantitative estimate of drug-likeness (QED) is 0.851. The highest BCUT2D eigenvalue weighted by molar-refractivity contribution is 5.17. The molecule has 2 aromatic heterocycles. The van der Waals surface area contributed by atoms with Crippen molar-refractivity contribution in [2.45, 2.75) is 45.4 Å². The summed E-state index contributed by atoms with van der Waals surface area (Å²) in [5.74, 6) is 2.89. The van der Waals surface area contributed by atoms with Crippen LogP contribution in [0.2, 0.25) is 0 Å². The van der Waals surface area contributed by atoms with Crippen molar-refractivity contribution in [3.05, 3.63) is 42.2 Å². The van der Waals surface area contributed by atoms with Gasteiger partial charge in [-0.25, -0.2) is 4.98 Å². The fourth-order valence-corrected chi connectivity index (χ4v) is 3.57. The molecule has 0 bridgehead atoms. The summed E-state index contributed by atoms with van der Waals surface area (Å²) in [5.41, 5.74) is 1.15. The zero-order chi connectivity index (χ0) is 15.6. The summed E-state index contributed by atoms with van der Waals surface area (Å²) in [6.45, 7) is 6.19. The van der Waals surface area contributed by atoms with Crippen molar-refractivity contribution < 1.29 is 4.74 Å². The van der Waals surface area contributed by atoms with Gasteiger partial charge in [-0.05, 0) is 37.8 Å². The lowest BCUT2D eigenvalue weighted by Crippen LogP contribution is -2.41. The van der Waals surface area contributed by atoms with Crippen LogP contribution in [0.5, 0.6) is 5.75 Å². The Morgan fingerprint density at radius 1 is 1.26 bits per heavy atom. The smallest absolute Gasteiger partial charge is 0.138 e. The number of rotatable bonds is 5. The van der Waals surface area contributed by atoms with Gasteiger partial charge >= 0.3 is 0 Å². The Hall–Kier alpha value is -1.88. The van der Waals surface area contributed by atoms with Crippen molar-refractivity contribution in [1.29, 1.82) is 0 Å². The fraction of sp³-hybridized carbons (Fsp3) is 0.556. The monoisotopic (exact) mass is 312 g/mol. The molecule has 2 aromatic rings. The lowest BCUT2D eigenvalue weighted by Gasteiger charge is -2.39. The van der Waals surface area contributed by atoms with Crippen LogP contribution in [0.3, 0.4) is 0 Å². The summed E-state index contributed by atoms with van der Waals surface area (Å²) in [5, 5.41) is 0. The Kier molecular flexibility index (Phi) is 4.04. The molecular weight excluding hydrogens is 288 g/mol. The van der Waals surface area contributed by atoms with E-state index in [1.54, 1.807) is 12.4 Å². The molecule has 122 valence electrons. The predicted molar refractivity (Wildman–Crippen MR) is 88.1 cm³/mol. The minimum atomic E-state index is 0.400. The zero-order valence-electron chi connectivity index (χ0n) is 13.7. The molecule has 5 nitrogen and oxygen atoms in total. The zero-order valence-corrected chi connectivity index (χ0v) is 13.7. The van der Waals surface area contributed by atoms with Gasteiger partial charge in [-0.15, -0.1) is 0 Å². The third-order valence-corrected chi connectivity index (χ3v) is 5.24. The highest BCUT2D eigenvalue weighted by atomic mass is 16.5. The minimum Gasteiger partial charge on any atom is -0.486 e. The standard InChI is InChI=1S/C18H24N4O/c1-14-18-20-10-16(13-23-17-6-3-7-19-11-17)22(18)9-8-21(14)12-15-4-2-5-15/h3,6-7,10-11,14-15H,2,4-5,8-9,12-13H2,1H3. The van der Waals surface area contributed by atoms with Gasteiger partial charge in [-0.3, -0.25) is 9.88 Å². The first-order valence-electron chi connectivity index (χ1n) is 8.62. The molecule has 5 heteroatoms. The van der Waals surface area contributed by atoms with E-state index >= 15 is 0 Å². The van der Waals surface area contributed by atoms with Gasteiger partial charge in [0.1, 0.15) is 18.2 Å². The molecule has 1 atom stereocenters. The van der Waals surface area contributed by atoms with Crippen LogP contribution in [-0.4, -0.2) is 32.5 Å². The number of aromatic nitrogens is 3. The number of pyridine rings is 1. The Labute approximate surface area is 137 Å². The molecule has 1 aliphatic heterocycles. The summed E-state index contributed by atoms with van der Waals surface area (Å²) in [4.78, 5) is 11.4. The summed E-state index contributed by atoms with van der Waals surface area (Å²) in [6.07, 6.45) is 9.69. The maximum Gasteiger partial charge on any atom is 0.138 e. The summed E-state index contributed by atoms with van der Waals surface area (Å²) in [7, 11) is 0. The van der Waals surface area contributed by atoms with Crippen molar-refractivity contribution in [1.82, 2.24) is 19.4 Å². The Morgan fingerprint density at radius 3 is 2.91 bits per heavy atom. The van der Waals surface area contributed by atoms with E-state index in [0.717, 1.165) is 30.5 Å². The molecule has 0 saturated heterocycles. The van der Waals surface area contributed by atoms with Crippen molar-refractivity contribution in [2.75, 3.05) is 13.1 Å². The molecule has 4 rings (SSSR count). The lowest BCUT2D eigenvalue weighted by molar-refractivity contribution is 0.110. The molecule has 1 unspecified atom stereocenters. The maximum absolute atomic E-state index is 5.83. The van der Waals surface area contributed by atoms with Crippen molar-refractivity contribution in [3.8, 4) is 5.75 Å². The second-order valence-electron chi connectivity index (χ2n) is 6.70. The normalized spacial score (nSPS) is 21.7. The van der Waals surface area contributed by atoms with Gasteiger partial charge in [0.2, 0.25) is 0 Å². The van der Waals surface area contributed by atoms with Crippen LogP contribution in [0.25, 0.3) is 0 Å². The second-order valence-corrected chi connectivity index (χ2v) is 6.70. The Morgan fingerprint density at radius 2 is 2.17 bits per heavy atom. The molecule has 0 amide bonds. The number of fused-ring (bicyclic) bond motifs is 1. The first kappa shape index (κ1) is 14.7. The topological polar surface area (TPSA) is 43.2 Å². The largest absolute Gasteiger partial charge is 0.486 e. The highest BCUT2D eigenvalue weighted by Crippen LogP contribution is 2.32. The average molecular weight is 312 g/mol. The minimum absolute atomic E-state index is 0.400. The second kappa shape index (κ2) is 6.32. The van der Waals surface area contributed by atoms with Crippen LogP contribution in [0.15, 0.2) is 30.7 Å². The van der Waals surface area contributed by atoms with Gasteiger partial charge in [0.25, 0.3) is 0 Å². The van der Waals surface area contributed by atoms with Gasteiger partial charge in [-0.1, -0.05) is 6.42 Å². The van der Waals surface area contributed by atoms with E-state index in [2.05, 4.69) is 26.4 Å². The first-order chi connectivity index (χ1) is 11.3. The third kappa shape index (κ3) is 2.98. The van der Waals surface area contributed by atoms with Gasteiger partial charge < -0.3 is 9.30 Å². The molecule has 0 radical (unpaired) electrons. The Balaban J connectivity index is 1.43. The van der Waals surface area contributed by atoms with Crippen LogP contribution in [-0.2, 0) is 13.2 Å². The highest BCUT2D eigenvalue weighted by Gasteiger charge is 2.30. The summed E-state index contributed by atoms with van der Waals surface area (Å²) < 4.78 is 8.16. The first-order valence-corrected chi connectivity index (χ1v) is 8.62. The van der Waals surface area contributed by atoms with Crippen LogP contribution < -0.4 is 4.74 Å². The summed E-state index contributed by atoms with van der Waals surface area (Å²) in [6, 6.07) is 4.22. The number of ether oxygens (including phenoxy) is 1. The Bertz CT molecular complexity index is 650. The van der Waals surface area contributed by atoms with E-state index in [1.807, 2.05) is 18.3 Å². The van der Waals surface area contributed by atoms with Crippen LogP contribution in [0.1, 0.15) is 43.7 Å². The van der Waals surface area contributed by atoms with Crippen molar-refractivity contribution in [2.24, 2.45) is 5.92 Å². The number of nitrogens with zero attached hydrogens (tertiary/aromatic N) is 4. The maximum atomic E-state index is 5.83. The number of hydrogen-bond donors (Lipinski definition) is 0. The van der Waals surface area contributed by atoms with E-state index in [-0.39, 0.29) is 0 Å². The number of hydrogen-bond acceptors (Lipinski definition) is 4. The third-order valence-electron chi connectivity index (χ3n) is 5.24. The molecule has 1 saturated carbocycles. The SMILES string of the molecule is CC1c2ncc(COc3cccnc3)n2CCN1CC1CCC1. The number of imidazole rings is 1. The molecule has 3 heterocycles. The molecule has 2 aliphatic rings. The fourth-order valence-electron chi connectivity index (χ4n) is 3.57. The van der Waals surface area contributed by atoms with Gasteiger partial charge in [-0.2, -0.15) is 0 Å². The molecule has 0 aromatic carbocycles. The summed E-state index contributed by atoms with van der Waals surface area (Å²) >= 11 is 0. The van der Waals surface area contributed by atoms with Crippen LogP contribution in [0, 0.1) is 5.92 Å². The molecule has 1 aliphatic carbocycles. The predicted octanol–water partition coefficient (Wildman–Crippen LogP) is 3.03. The van der Waals surface area contributed by atoms with Gasteiger partial charge in [0.15, 0.2) is 0 Å². The van der Waals surface area contributed by atoms with E-state index in [4.69, 9.17) is 4.74 Å². The molecular formula is C18H24N4O.